The first kappa shape index (κ1) is 13.9. The van der Waals surface area contributed by atoms with E-state index in [1.807, 2.05) is 26.0 Å². The lowest BCUT2D eigenvalue weighted by atomic mass is 10.2. The number of nitrogens with one attached hydrogen (secondary N) is 2. The normalized spacial score (nSPS) is 11.8. The number of pyridine rings is 1. The van der Waals surface area contributed by atoms with E-state index in [4.69, 9.17) is 9.15 Å². The monoisotopic (exact) mass is 275 g/mol. The lowest BCUT2D eigenvalue weighted by Crippen LogP contribution is -2.31. The van der Waals surface area contributed by atoms with Gasteiger partial charge in [0.25, 0.3) is 0 Å². The molecule has 0 spiro atoms. The van der Waals surface area contributed by atoms with Crippen LogP contribution in [0, 0.1) is 6.92 Å². The summed E-state index contributed by atoms with van der Waals surface area (Å²) in [4.78, 5) is 15.8. The molecule has 0 aliphatic carbocycles. The molecule has 2 rings (SSSR count). The first-order valence-electron chi connectivity index (χ1n) is 6.22. The SMILES string of the molecule is COc1ccc(NC(=O)N[C@H](C)c2ccc(C)o2)cn1. The van der Waals surface area contributed by atoms with Crippen molar-refractivity contribution in [3.05, 3.63) is 42.0 Å². The molecule has 1 atom stereocenters. The van der Waals surface area contributed by atoms with E-state index in [1.54, 1.807) is 12.1 Å². The van der Waals surface area contributed by atoms with Crippen LogP contribution < -0.4 is 15.4 Å². The number of anilines is 1. The van der Waals surface area contributed by atoms with Gasteiger partial charge in [-0.25, -0.2) is 9.78 Å². The van der Waals surface area contributed by atoms with Crippen LogP contribution in [0.2, 0.25) is 0 Å². The average molecular weight is 275 g/mol. The number of amides is 2. The van der Waals surface area contributed by atoms with Gasteiger partial charge < -0.3 is 19.8 Å². The van der Waals surface area contributed by atoms with Crippen molar-refractivity contribution in [3.63, 3.8) is 0 Å². The van der Waals surface area contributed by atoms with E-state index in [2.05, 4.69) is 15.6 Å². The average Bonchev–Trinajstić information content (AvgIpc) is 2.86. The van der Waals surface area contributed by atoms with E-state index in [1.165, 1.54) is 13.3 Å². The molecule has 0 aliphatic heterocycles. The van der Waals surface area contributed by atoms with Crippen molar-refractivity contribution in [2.75, 3.05) is 12.4 Å². The highest BCUT2D eigenvalue weighted by molar-refractivity contribution is 5.89. The number of methoxy groups -OCH3 is 1. The fourth-order valence-electron chi connectivity index (χ4n) is 1.70. The van der Waals surface area contributed by atoms with Crippen LogP contribution in [-0.4, -0.2) is 18.1 Å². The summed E-state index contributed by atoms with van der Waals surface area (Å²) >= 11 is 0. The number of hydrogen-bond donors (Lipinski definition) is 2. The van der Waals surface area contributed by atoms with Crippen molar-refractivity contribution >= 4 is 11.7 Å². The van der Waals surface area contributed by atoms with E-state index in [0.717, 1.165) is 5.76 Å². The minimum Gasteiger partial charge on any atom is -0.481 e. The molecular formula is C14H17N3O3. The number of rotatable bonds is 4. The van der Waals surface area contributed by atoms with Crippen LogP contribution in [0.5, 0.6) is 5.88 Å². The van der Waals surface area contributed by atoms with Gasteiger partial charge in [-0.05, 0) is 32.0 Å². The highest BCUT2D eigenvalue weighted by Crippen LogP contribution is 2.16. The summed E-state index contributed by atoms with van der Waals surface area (Å²) in [7, 11) is 1.54. The first-order chi connectivity index (χ1) is 9.58. The Hall–Kier alpha value is -2.50. The molecule has 2 aromatic heterocycles. The summed E-state index contributed by atoms with van der Waals surface area (Å²) in [6.45, 7) is 3.71. The van der Waals surface area contributed by atoms with Crippen LogP contribution in [-0.2, 0) is 0 Å². The van der Waals surface area contributed by atoms with Crippen molar-refractivity contribution in [2.45, 2.75) is 19.9 Å². The Kier molecular flexibility index (Phi) is 4.24. The molecule has 0 aromatic carbocycles. The highest BCUT2D eigenvalue weighted by atomic mass is 16.5. The van der Waals surface area contributed by atoms with Crippen molar-refractivity contribution in [3.8, 4) is 5.88 Å². The molecule has 0 bridgehead atoms. The number of carbonyl (C=O) groups excluding carboxylic acids is 1. The molecule has 106 valence electrons. The summed E-state index contributed by atoms with van der Waals surface area (Å²) in [5.41, 5.74) is 0.589. The van der Waals surface area contributed by atoms with E-state index in [0.29, 0.717) is 17.3 Å². The van der Waals surface area contributed by atoms with Crippen LogP contribution in [0.1, 0.15) is 24.5 Å². The highest BCUT2D eigenvalue weighted by Gasteiger charge is 2.12. The zero-order chi connectivity index (χ0) is 14.5. The van der Waals surface area contributed by atoms with E-state index in [9.17, 15) is 4.79 Å². The molecule has 0 saturated heterocycles. The third-order valence-corrected chi connectivity index (χ3v) is 2.74. The van der Waals surface area contributed by atoms with Gasteiger partial charge in [-0.2, -0.15) is 0 Å². The van der Waals surface area contributed by atoms with Gasteiger partial charge in [0.2, 0.25) is 5.88 Å². The van der Waals surface area contributed by atoms with Gasteiger partial charge >= 0.3 is 6.03 Å². The third-order valence-electron chi connectivity index (χ3n) is 2.74. The summed E-state index contributed by atoms with van der Waals surface area (Å²) in [6.07, 6.45) is 1.53. The number of aromatic nitrogens is 1. The van der Waals surface area contributed by atoms with Crippen LogP contribution in [0.3, 0.4) is 0 Å². The maximum Gasteiger partial charge on any atom is 0.319 e. The van der Waals surface area contributed by atoms with Gasteiger partial charge in [-0.1, -0.05) is 0 Å². The van der Waals surface area contributed by atoms with Crippen molar-refractivity contribution in [2.24, 2.45) is 0 Å². The van der Waals surface area contributed by atoms with Gasteiger partial charge in [-0.15, -0.1) is 0 Å². The summed E-state index contributed by atoms with van der Waals surface area (Å²) < 4.78 is 10.4. The minimum absolute atomic E-state index is 0.213. The summed E-state index contributed by atoms with van der Waals surface area (Å²) in [5.74, 6) is 2.02. The minimum atomic E-state index is -0.321. The van der Waals surface area contributed by atoms with E-state index >= 15 is 0 Å². The van der Waals surface area contributed by atoms with Gasteiger partial charge in [0.15, 0.2) is 0 Å². The first-order valence-corrected chi connectivity index (χ1v) is 6.22. The predicted molar refractivity (Wildman–Crippen MR) is 74.8 cm³/mol. The van der Waals surface area contributed by atoms with Gasteiger partial charge in [-0.3, -0.25) is 0 Å². The lowest BCUT2D eigenvalue weighted by molar-refractivity contribution is 0.247. The molecule has 6 nitrogen and oxygen atoms in total. The van der Waals surface area contributed by atoms with Crippen LogP contribution in [0.4, 0.5) is 10.5 Å². The molecule has 2 aromatic rings. The topological polar surface area (TPSA) is 76.4 Å². The van der Waals surface area contributed by atoms with Crippen molar-refractivity contribution in [1.29, 1.82) is 0 Å². The molecule has 2 heterocycles. The van der Waals surface area contributed by atoms with Crippen LogP contribution in [0.15, 0.2) is 34.9 Å². The summed E-state index contributed by atoms with van der Waals surface area (Å²) in [6, 6.07) is 6.56. The van der Waals surface area contributed by atoms with Gasteiger partial charge in [0.1, 0.15) is 11.5 Å². The number of aryl methyl sites for hydroxylation is 1. The Morgan fingerprint density at radius 1 is 1.35 bits per heavy atom. The third kappa shape index (κ3) is 3.50. The summed E-state index contributed by atoms with van der Waals surface area (Å²) in [5, 5.41) is 5.47. The van der Waals surface area contributed by atoms with E-state index < -0.39 is 0 Å². The fourth-order valence-corrected chi connectivity index (χ4v) is 1.70. The predicted octanol–water partition coefficient (Wildman–Crippen LogP) is 2.87. The van der Waals surface area contributed by atoms with Crippen LogP contribution >= 0.6 is 0 Å². The van der Waals surface area contributed by atoms with Gasteiger partial charge in [0.05, 0.1) is 25.0 Å². The Labute approximate surface area is 117 Å². The molecule has 0 radical (unpaired) electrons. The van der Waals surface area contributed by atoms with Crippen LogP contribution in [0.25, 0.3) is 0 Å². The molecule has 20 heavy (non-hydrogen) atoms. The standard InChI is InChI=1S/C14H17N3O3/c1-9-4-6-12(20-9)10(2)16-14(18)17-11-5-7-13(19-3)15-8-11/h4-8,10H,1-3H3,(H2,16,17,18)/t10-/m1/s1. The zero-order valence-electron chi connectivity index (χ0n) is 11.6. The molecule has 0 fully saturated rings. The second kappa shape index (κ2) is 6.10. The van der Waals surface area contributed by atoms with Crippen molar-refractivity contribution < 1.29 is 13.9 Å². The largest absolute Gasteiger partial charge is 0.481 e. The maximum absolute atomic E-state index is 11.8. The molecule has 2 N–H and O–H groups in total. The Morgan fingerprint density at radius 2 is 2.15 bits per heavy atom. The second-order valence-corrected chi connectivity index (χ2v) is 4.36. The number of nitrogens with zero attached hydrogens (tertiary/aromatic N) is 1. The van der Waals surface area contributed by atoms with E-state index in [-0.39, 0.29) is 12.1 Å². The molecule has 2 amide bonds. The Balaban J connectivity index is 1.91. The lowest BCUT2D eigenvalue weighted by Gasteiger charge is -2.12. The number of ether oxygens (including phenoxy) is 1. The molecule has 0 saturated carbocycles. The number of furan rings is 1. The zero-order valence-corrected chi connectivity index (χ0v) is 11.6. The fraction of sp³-hybridized carbons (Fsp3) is 0.286. The molecule has 0 aliphatic rings. The number of carbonyl (C=O) groups is 1. The Bertz CT molecular complexity index is 578. The Morgan fingerprint density at radius 3 is 2.70 bits per heavy atom. The smallest absolute Gasteiger partial charge is 0.319 e. The van der Waals surface area contributed by atoms with Gasteiger partial charge in [0, 0.05) is 6.07 Å². The molecular weight excluding hydrogens is 258 g/mol. The maximum atomic E-state index is 11.8. The molecule has 0 unspecified atom stereocenters. The number of urea groups is 1. The van der Waals surface area contributed by atoms with Crippen molar-refractivity contribution in [1.82, 2.24) is 10.3 Å². The number of hydrogen-bond acceptors (Lipinski definition) is 4. The second-order valence-electron chi connectivity index (χ2n) is 4.36. The quantitative estimate of drug-likeness (QED) is 0.899. The molecule has 6 heteroatoms.